The summed E-state index contributed by atoms with van der Waals surface area (Å²) in [5.74, 6) is 0. The molecular weight excluding hydrogens is 258 g/mol. The third kappa shape index (κ3) is 4.15. The lowest BCUT2D eigenvalue weighted by Crippen LogP contribution is -2.51. The molecule has 3 N–H and O–H groups in total. The number of carbonyl (C=O) groups excluding carboxylic acids is 2. The minimum Gasteiger partial charge on any atom is -0.445 e. The van der Waals surface area contributed by atoms with Crippen LogP contribution in [0.25, 0.3) is 0 Å². The van der Waals surface area contributed by atoms with Crippen LogP contribution in [0.4, 0.5) is 9.59 Å². The molecule has 2 rings (SSSR count). The maximum Gasteiger partial charge on any atom is 0.407 e. The maximum absolute atomic E-state index is 11.7. The smallest absolute Gasteiger partial charge is 0.407 e. The van der Waals surface area contributed by atoms with Gasteiger partial charge in [-0.1, -0.05) is 30.3 Å². The summed E-state index contributed by atoms with van der Waals surface area (Å²) in [5, 5.41) is 2.76. The standard InChI is InChI=1S/C14H19N3O3/c15-13(18)17-8-4-7-12(9-17)16-14(19)20-10-11-5-2-1-3-6-11/h1-3,5-6,12H,4,7-10H2,(H2,15,18)(H,16,19). The lowest BCUT2D eigenvalue weighted by Gasteiger charge is -2.31. The molecule has 1 aromatic carbocycles. The monoisotopic (exact) mass is 277 g/mol. The molecule has 1 fully saturated rings. The van der Waals surface area contributed by atoms with Gasteiger partial charge >= 0.3 is 12.1 Å². The fourth-order valence-electron chi connectivity index (χ4n) is 2.23. The van der Waals surface area contributed by atoms with E-state index in [1.807, 2.05) is 30.3 Å². The minimum atomic E-state index is -0.467. The van der Waals surface area contributed by atoms with Crippen molar-refractivity contribution in [2.24, 2.45) is 5.73 Å². The molecule has 1 aromatic rings. The molecule has 6 nitrogen and oxygen atoms in total. The SMILES string of the molecule is NC(=O)N1CCCC(NC(=O)OCc2ccccc2)C1. The Labute approximate surface area is 117 Å². The normalized spacial score (nSPS) is 18.4. The van der Waals surface area contributed by atoms with Crippen LogP contribution in [-0.2, 0) is 11.3 Å². The number of hydrogen-bond acceptors (Lipinski definition) is 3. The zero-order chi connectivity index (χ0) is 14.4. The van der Waals surface area contributed by atoms with E-state index in [4.69, 9.17) is 10.5 Å². The van der Waals surface area contributed by atoms with Gasteiger partial charge in [-0.05, 0) is 18.4 Å². The van der Waals surface area contributed by atoms with Gasteiger partial charge in [0.2, 0.25) is 0 Å². The number of amides is 3. The molecular formula is C14H19N3O3. The fraction of sp³-hybridized carbons (Fsp3) is 0.429. The molecule has 0 aromatic heterocycles. The number of benzene rings is 1. The van der Waals surface area contributed by atoms with Crippen molar-refractivity contribution >= 4 is 12.1 Å². The van der Waals surface area contributed by atoms with Gasteiger partial charge in [0, 0.05) is 19.1 Å². The summed E-state index contributed by atoms with van der Waals surface area (Å²) >= 11 is 0. The molecule has 108 valence electrons. The molecule has 1 atom stereocenters. The first-order valence-electron chi connectivity index (χ1n) is 6.67. The third-order valence-corrected chi connectivity index (χ3v) is 3.27. The van der Waals surface area contributed by atoms with Crippen molar-refractivity contribution in [2.45, 2.75) is 25.5 Å². The number of primary amides is 1. The number of alkyl carbamates (subject to hydrolysis) is 1. The van der Waals surface area contributed by atoms with Gasteiger partial charge in [-0.25, -0.2) is 9.59 Å². The lowest BCUT2D eigenvalue weighted by molar-refractivity contribution is 0.127. The van der Waals surface area contributed by atoms with E-state index in [9.17, 15) is 9.59 Å². The number of piperidine rings is 1. The van der Waals surface area contributed by atoms with Crippen molar-refractivity contribution in [2.75, 3.05) is 13.1 Å². The van der Waals surface area contributed by atoms with Crippen molar-refractivity contribution in [3.63, 3.8) is 0 Å². The highest BCUT2D eigenvalue weighted by atomic mass is 16.5. The molecule has 1 unspecified atom stereocenters. The van der Waals surface area contributed by atoms with Crippen LogP contribution in [0.5, 0.6) is 0 Å². The van der Waals surface area contributed by atoms with Crippen molar-refractivity contribution in [1.29, 1.82) is 0 Å². The van der Waals surface area contributed by atoms with E-state index < -0.39 is 12.1 Å². The molecule has 3 amide bonds. The van der Waals surface area contributed by atoms with Crippen LogP contribution < -0.4 is 11.1 Å². The molecule has 0 radical (unpaired) electrons. The molecule has 20 heavy (non-hydrogen) atoms. The molecule has 0 aliphatic carbocycles. The zero-order valence-electron chi connectivity index (χ0n) is 11.2. The first-order chi connectivity index (χ1) is 9.65. The van der Waals surface area contributed by atoms with Crippen molar-refractivity contribution in [3.8, 4) is 0 Å². The highest BCUT2D eigenvalue weighted by molar-refractivity contribution is 5.72. The summed E-state index contributed by atoms with van der Waals surface area (Å²) in [7, 11) is 0. The average molecular weight is 277 g/mol. The maximum atomic E-state index is 11.7. The van der Waals surface area contributed by atoms with Gasteiger partial charge in [0.25, 0.3) is 0 Å². The Morgan fingerprint density at radius 1 is 1.35 bits per heavy atom. The van der Waals surface area contributed by atoms with Crippen molar-refractivity contribution < 1.29 is 14.3 Å². The van der Waals surface area contributed by atoms with Gasteiger partial charge in [-0.2, -0.15) is 0 Å². The predicted molar refractivity (Wildman–Crippen MR) is 73.9 cm³/mol. The molecule has 6 heteroatoms. The van der Waals surface area contributed by atoms with E-state index >= 15 is 0 Å². The van der Waals surface area contributed by atoms with Crippen LogP contribution in [0.15, 0.2) is 30.3 Å². The first kappa shape index (κ1) is 14.2. The number of nitrogens with one attached hydrogen (secondary N) is 1. The van der Waals surface area contributed by atoms with E-state index in [1.165, 1.54) is 4.90 Å². The minimum absolute atomic E-state index is 0.0977. The number of nitrogens with two attached hydrogens (primary N) is 1. The van der Waals surface area contributed by atoms with E-state index in [0.29, 0.717) is 13.1 Å². The predicted octanol–water partition coefficient (Wildman–Crippen LogP) is 1.46. The summed E-state index contributed by atoms with van der Waals surface area (Å²) in [6.07, 6.45) is 1.18. The van der Waals surface area contributed by atoms with Crippen LogP contribution in [0, 0.1) is 0 Å². The lowest BCUT2D eigenvalue weighted by atomic mass is 10.1. The highest BCUT2D eigenvalue weighted by Crippen LogP contribution is 2.10. The Balaban J connectivity index is 1.75. The number of rotatable bonds is 3. The van der Waals surface area contributed by atoms with Gasteiger partial charge in [0.15, 0.2) is 0 Å². The first-order valence-corrected chi connectivity index (χ1v) is 6.67. The van der Waals surface area contributed by atoms with Crippen molar-refractivity contribution in [1.82, 2.24) is 10.2 Å². The van der Waals surface area contributed by atoms with Crippen LogP contribution in [0.1, 0.15) is 18.4 Å². The molecule has 0 saturated carbocycles. The Morgan fingerprint density at radius 3 is 2.80 bits per heavy atom. The summed E-state index contributed by atoms with van der Waals surface area (Å²) in [6, 6.07) is 8.93. The Morgan fingerprint density at radius 2 is 2.10 bits per heavy atom. The van der Waals surface area contributed by atoms with Crippen LogP contribution >= 0.6 is 0 Å². The average Bonchev–Trinajstić information content (AvgIpc) is 2.46. The molecule has 0 bridgehead atoms. The third-order valence-electron chi connectivity index (χ3n) is 3.27. The fourth-order valence-corrected chi connectivity index (χ4v) is 2.23. The molecule has 1 aliphatic heterocycles. The molecule has 1 saturated heterocycles. The van der Waals surface area contributed by atoms with E-state index in [0.717, 1.165) is 18.4 Å². The van der Waals surface area contributed by atoms with E-state index in [2.05, 4.69) is 5.32 Å². The highest BCUT2D eigenvalue weighted by Gasteiger charge is 2.23. The van der Waals surface area contributed by atoms with Crippen molar-refractivity contribution in [3.05, 3.63) is 35.9 Å². The van der Waals surface area contributed by atoms with Gasteiger partial charge < -0.3 is 20.7 Å². The summed E-state index contributed by atoms with van der Waals surface area (Å²) in [6.45, 7) is 1.32. The van der Waals surface area contributed by atoms with E-state index in [1.54, 1.807) is 0 Å². The van der Waals surface area contributed by atoms with Gasteiger partial charge in [-0.3, -0.25) is 0 Å². The second kappa shape index (κ2) is 6.79. The summed E-state index contributed by atoms with van der Waals surface area (Å²) in [4.78, 5) is 24.3. The number of urea groups is 1. The Hall–Kier alpha value is -2.24. The molecule has 1 heterocycles. The van der Waals surface area contributed by atoms with Crippen LogP contribution in [0.2, 0.25) is 0 Å². The number of carbonyl (C=O) groups is 2. The number of hydrogen-bond donors (Lipinski definition) is 2. The number of nitrogens with zero attached hydrogens (tertiary/aromatic N) is 1. The largest absolute Gasteiger partial charge is 0.445 e. The summed E-state index contributed by atoms with van der Waals surface area (Å²) < 4.78 is 5.14. The quantitative estimate of drug-likeness (QED) is 0.877. The summed E-state index contributed by atoms with van der Waals surface area (Å²) in [5.41, 5.74) is 6.17. The van der Waals surface area contributed by atoms with E-state index in [-0.39, 0.29) is 12.6 Å². The number of likely N-dealkylation sites (tertiary alicyclic amines) is 1. The number of ether oxygens (including phenoxy) is 1. The second-order valence-corrected chi connectivity index (χ2v) is 4.83. The van der Waals surface area contributed by atoms with Crippen LogP contribution in [0.3, 0.4) is 0 Å². The van der Waals surface area contributed by atoms with Gasteiger partial charge in [0.05, 0.1) is 0 Å². The zero-order valence-corrected chi connectivity index (χ0v) is 11.2. The Kier molecular flexibility index (Phi) is 4.81. The molecule has 1 aliphatic rings. The topological polar surface area (TPSA) is 84.7 Å². The molecule has 0 spiro atoms. The van der Waals surface area contributed by atoms with Gasteiger partial charge in [0.1, 0.15) is 6.61 Å². The van der Waals surface area contributed by atoms with Crippen LogP contribution in [-0.4, -0.2) is 36.2 Å². The second-order valence-electron chi connectivity index (χ2n) is 4.83. The Bertz CT molecular complexity index is 464. The van der Waals surface area contributed by atoms with Gasteiger partial charge in [-0.15, -0.1) is 0 Å².